The molecule has 0 bridgehead atoms. The molecule has 1 aromatic rings. The summed E-state index contributed by atoms with van der Waals surface area (Å²) in [6, 6.07) is 5.79. The van der Waals surface area contributed by atoms with Gasteiger partial charge in [-0.05, 0) is 12.1 Å². The second-order valence-corrected chi connectivity index (χ2v) is 3.66. The Bertz CT molecular complexity index is 610. The number of carbonyl (C=O) groups excluding carboxylic acids is 2. The molecule has 19 heavy (non-hydrogen) atoms. The van der Waals surface area contributed by atoms with Crippen LogP contribution in [0.1, 0.15) is 20.7 Å². The largest absolute Gasteiger partial charge is 0.478 e. The normalized spacial score (nSPS) is 14.5. The van der Waals surface area contributed by atoms with Crippen molar-refractivity contribution in [3.63, 3.8) is 0 Å². The maximum atomic E-state index is 11.9. The van der Waals surface area contributed by atoms with Crippen LogP contribution in [-0.2, 0) is 9.59 Å². The molecular weight excluding hydrogens is 254 g/mol. The van der Waals surface area contributed by atoms with E-state index in [1.54, 1.807) is 0 Å². The third kappa shape index (κ3) is 1.97. The smallest absolute Gasteiger partial charge is 0.353 e. The summed E-state index contributed by atoms with van der Waals surface area (Å²) in [5.41, 5.74) is -0.797. The summed E-state index contributed by atoms with van der Waals surface area (Å²) in [7, 11) is 0. The highest BCUT2D eigenvalue weighted by atomic mass is 16.4. The molecule has 0 saturated carbocycles. The van der Waals surface area contributed by atoms with E-state index in [9.17, 15) is 19.2 Å². The first kappa shape index (κ1) is 12.5. The maximum absolute atomic E-state index is 11.9. The first-order valence-electron chi connectivity index (χ1n) is 5.09. The Morgan fingerprint density at radius 2 is 1.47 bits per heavy atom. The summed E-state index contributed by atoms with van der Waals surface area (Å²) >= 11 is 0. The van der Waals surface area contributed by atoms with Gasteiger partial charge in [0.1, 0.15) is 5.70 Å². The van der Waals surface area contributed by atoms with E-state index in [1.807, 2.05) is 0 Å². The summed E-state index contributed by atoms with van der Waals surface area (Å²) in [6.07, 6.45) is 0.310. The Labute approximate surface area is 106 Å². The predicted molar refractivity (Wildman–Crippen MR) is 60.3 cm³/mol. The van der Waals surface area contributed by atoms with Gasteiger partial charge in [0.2, 0.25) is 0 Å². The van der Waals surface area contributed by atoms with E-state index in [-0.39, 0.29) is 11.1 Å². The zero-order valence-corrected chi connectivity index (χ0v) is 9.36. The highest BCUT2D eigenvalue weighted by Gasteiger charge is 2.40. The van der Waals surface area contributed by atoms with Crippen molar-refractivity contribution < 1.29 is 29.4 Å². The van der Waals surface area contributed by atoms with Gasteiger partial charge in [0.15, 0.2) is 0 Å². The molecule has 0 aromatic heterocycles. The van der Waals surface area contributed by atoms with Crippen molar-refractivity contribution in [1.82, 2.24) is 4.90 Å². The number of hydrogen-bond donors (Lipinski definition) is 2. The van der Waals surface area contributed by atoms with Gasteiger partial charge < -0.3 is 10.2 Å². The molecule has 1 aliphatic rings. The first-order chi connectivity index (χ1) is 8.93. The quantitative estimate of drug-likeness (QED) is 0.599. The van der Waals surface area contributed by atoms with Gasteiger partial charge >= 0.3 is 11.9 Å². The lowest BCUT2D eigenvalue weighted by Crippen LogP contribution is -2.33. The van der Waals surface area contributed by atoms with Crippen LogP contribution in [0.2, 0.25) is 0 Å². The predicted octanol–water partition coefficient (Wildman–Crippen LogP) is 0.336. The van der Waals surface area contributed by atoms with E-state index in [0.29, 0.717) is 11.0 Å². The number of imide groups is 1. The Kier molecular flexibility index (Phi) is 2.88. The van der Waals surface area contributed by atoms with Gasteiger partial charge in [-0.2, -0.15) is 0 Å². The molecule has 0 unspecified atom stereocenters. The summed E-state index contributed by atoms with van der Waals surface area (Å²) in [5.74, 6) is -4.93. The molecule has 0 fully saturated rings. The number of hydrogen-bond acceptors (Lipinski definition) is 4. The van der Waals surface area contributed by atoms with Gasteiger partial charge in [-0.3, -0.25) is 9.59 Å². The SMILES string of the molecule is O=C(O)/C=C(\C(=O)O)N1C(=O)c2ccccc2C1=O. The Balaban J connectivity index is 2.55. The molecule has 1 aliphatic heterocycles. The molecule has 0 spiro atoms. The van der Waals surface area contributed by atoms with Gasteiger partial charge in [0.25, 0.3) is 11.8 Å². The van der Waals surface area contributed by atoms with E-state index in [2.05, 4.69) is 0 Å². The van der Waals surface area contributed by atoms with Crippen molar-refractivity contribution in [3.8, 4) is 0 Å². The topological polar surface area (TPSA) is 112 Å². The molecule has 96 valence electrons. The molecule has 0 saturated heterocycles. The fraction of sp³-hybridized carbons (Fsp3) is 0. The minimum Gasteiger partial charge on any atom is -0.478 e. The second kappa shape index (κ2) is 4.37. The minimum absolute atomic E-state index is 0.0463. The van der Waals surface area contributed by atoms with E-state index in [4.69, 9.17) is 10.2 Å². The Morgan fingerprint density at radius 1 is 1.00 bits per heavy atom. The highest BCUT2D eigenvalue weighted by Crippen LogP contribution is 2.25. The zero-order valence-electron chi connectivity index (χ0n) is 9.36. The van der Waals surface area contributed by atoms with Crippen LogP contribution in [-0.4, -0.2) is 38.9 Å². The highest BCUT2D eigenvalue weighted by molar-refractivity contribution is 6.24. The van der Waals surface area contributed by atoms with Crippen molar-refractivity contribution in [2.75, 3.05) is 0 Å². The van der Waals surface area contributed by atoms with Crippen LogP contribution in [0.15, 0.2) is 36.0 Å². The lowest BCUT2D eigenvalue weighted by Gasteiger charge is -2.13. The molecule has 2 amide bonds. The number of carboxylic acid groups (broad SMARTS) is 2. The van der Waals surface area contributed by atoms with Gasteiger partial charge in [0, 0.05) is 0 Å². The van der Waals surface area contributed by atoms with Gasteiger partial charge in [-0.1, -0.05) is 12.1 Å². The molecule has 7 nitrogen and oxygen atoms in total. The fourth-order valence-corrected chi connectivity index (χ4v) is 1.75. The number of aliphatic carboxylic acids is 2. The van der Waals surface area contributed by atoms with Crippen molar-refractivity contribution >= 4 is 23.8 Å². The van der Waals surface area contributed by atoms with Crippen LogP contribution in [0.4, 0.5) is 0 Å². The number of carboxylic acids is 2. The van der Waals surface area contributed by atoms with E-state index in [0.717, 1.165) is 0 Å². The number of rotatable bonds is 3. The average molecular weight is 261 g/mol. The second-order valence-electron chi connectivity index (χ2n) is 3.66. The lowest BCUT2D eigenvalue weighted by molar-refractivity contribution is -0.136. The number of carbonyl (C=O) groups is 4. The monoisotopic (exact) mass is 261 g/mol. The molecule has 1 heterocycles. The third-order valence-electron chi connectivity index (χ3n) is 2.51. The van der Waals surface area contributed by atoms with Crippen molar-refractivity contribution in [2.45, 2.75) is 0 Å². The van der Waals surface area contributed by atoms with E-state index >= 15 is 0 Å². The van der Waals surface area contributed by atoms with Gasteiger partial charge in [0.05, 0.1) is 17.2 Å². The maximum Gasteiger partial charge on any atom is 0.353 e. The number of fused-ring (bicyclic) bond motifs is 1. The fourth-order valence-electron chi connectivity index (χ4n) is 1.75. The Morgan fingerprint density at radius 3 is 1.84 bits per heavy atom. The third-order valence-corrected chi connectivity index (χ3v) is 2.51. The lowest BCUT2D eigenvalue weighted by atomic mass is 10.1. The van der Waals surface area contributed by atoms with Crippen molar-refractivity contribution in [2.24, 2.45) is 0 Å². The number of nitrogens with zero attached hydrogens (tertiary/aromatic N) is 1. The van der Waals surface area contributed by atoms with Gasteiger partial charge in [-0.25, -0.2) is 14.5 Å². The molecule has 0 atom stereocenters. The average Bonchev–Trinajstić information content (AvgIpc) is 2.60. The molecule has 2 rings (SSSR count). The Hall–Kier alpha value is -2.96. The molecule has 2 N–H and O–H groups in total. The molecular formula is C12H7NO6. The van der Waals surface area contributed by atoms with Crippen molar-refractivity contribution in [3.05, 3.63) is 47.2 Å². The van der Waals surface area contributed by atoms with Crippen LogP contribution in [0.25, 0.3) is 0 Å². The van der Waals surface area contributed by atoms with Crippen LogP contribution >= 0.6 is 0 Å². The van der Waals surface area contributed by atoms with Crippen LogP contribution in [0.5, 0.6) is 0 Å². The first-order valence-corrected chi connectivity index (χ1v) is 5.09. The molecule has 0 aliphatic carbocycles. The molecule has 0 radical (unpaired) electrons. The summed E-state index contributed by atoms with van der Waals surface area (Å²) in [4.78, 5) is 45.8. The summed E-state index contributed by atoms with van der Waals surface area (Å²) in [5, 5.41) is 17.5. The van der Waals surface area contributed by atoms with Crippen LogP contribution in [0, 0.1) is 0 Å². The zero-order chi connectivity index (χ0) is 14.2. The summed E-state index contributed by atoms with van der Waals surface area (Å²) < 4.78 is 0. The number of benzene rings is 1. The van der Waals surface area contributed by atoms with Crippen molar-refractivity contribution in [1.29, 1.82) is 0 Å². The molecule has 1 aromatic carbocycles. The minimum atomic E-state index is -1.67. The van der Waals surface area contributed by atoms with Gasteiger partial charge in [-0.15, -0.1) is 0 Å². The standard InChI is InChI=1S/C12H7NO6/c14-9(15)5-8(12(18)19)13-10(16)6-3-1-2-4-7(6)11(13)17/h1-5H,(H,14,15)(H,18,19)/b8-5+. The van der Waals surface area contributed by atoms with Crippen LogP contribution in [0.3, 0.4) is 0 Å². The van der Waals surface area contributed by atoms with Crippen LogP contribution < -0.4 is 0 Å². The summed E-state index contributed by atoms with van der Waals surface area (Å²) in [6.45, 7) is 0. The molecule has 7 heteroatoms. The van der Waals surface area contributed by atoms with E-state index < -0.39 is 29.5 Å². The number of amides is 2. The van der Waals surface area contributed by atoms with E-state index in [1.165, 1.54) is 24.3 Å².